The van der Waals surface area contributed by atoms with Gasteiger partial charge in [-0.3, -0.25) is 9.59 Å². The fourth-order valence-corrected chi connectivity index (χ4v) is 6.35. The number of carbonyl (C=O) groups is 1. The first-order valence-electron chi connectivity index (χ1n) is 12.4. The molecule has 0 saturated heterocycles. The molecule has 1 saturated carbocycles. The molecule has 3 heterocycles. The van der Waals surface area contributed by atoms with Gasteiger partial charge >= 0.3 is 0 Å². The first-order chi connectivity index (χ1) is 16.7. The molecule has 0 spiro atoms. The summed E-state index contributed by atoms with van der Waals surface area (Å²) in [5, 5.41) is 3.87. The van der Waals surface area contributed by atoms with Crippen LogP contribution in [0.4, 0.5) is 0 Å². The van der Waals surface area contributed by atoms with Crippen LogP contribution in [0.2, 0.25) is 0 Å². The number of carbonyl (C=O) groups excluding carboxylic acids is 1. The molecule has 1 fully saturated rings. The van der Waals surface area contributed by atoms with E-state index in [0.717, 1.165) is 27.3 Å². The number of aromatic nitrogens is 3. The maximum Gasteiger partial charge on any atom is 0.254 e. The molecule has 0 aliphatic heterocycles. The number of aryl methyl sites for hydroxylation is 1. The number of nitrogens with one attached hydrogen (secondary N) is 2. The Morgan fingerprint density at radius 1 is 1.29 bits per heavy atom. The van der Waals surface area contributed by atoms with Crippen LogP contribution in [-0.4, -0.2) is 51.7 Å². The highest BCUT2D eigenvalue weighted by Crippen LogP contribution is 2.38. The first-order valence-corrected chi connectivity index (χ1v) is 13.6. The number of hydrogen-bond donors (Lipinski definition) is 2. The van der Waals surface area contributed by atoms with E-state index in [9.17, 15) is 9.59 Å². The molecule has 0 aromatic carbocycles. The van der Waals surface area contributed by atoms with E-state index < -0.39 is 0 Å². The SMILES string of the molecule is CSc1cc(C)[nH]c(=O)c1CNC(=O)c1c(C)n(C(C)C2CCC(N(C)C)CC2)c2ncccc12. The van der Waals surface area contributed by atoms with E-state index >= 15 is 0 Å². The molecule has 1 aliphatic carbocycles. The highest BCUT2D eigenvalue weighted by atomic mass is 32.2. The summed E-state index contributed by atoms with van der Waals surface area (Å²) in [7, 11) is 4.33. The molecule has 1 atom stereocenters. The third-order valence-corrected chi connectivity index (χ3v) is 8.48. The Kier molecular flexibility index (Phi) is 7.71. The van der Waals surface area contributed by atoms with Crippen molar-refractivity contribution in [3.63, 3.8) is 0 Å². The molecule has 3 aromatic rings. The standard InChI is InChI=1S/C27H37N5O2S/c1-16-14-23(35-6)22(26(33)30-16)15-29-27(34)24-18(3)32(25-21(24)8-7-13-28-25)17(2)19-9-11-20(12-10-19)31(4)5/h7-8,13-14,17,19-20H,9-12,15H2,1-6H3,(H,29,34)(H,30,33). The van der Waals surface area contributed by atoms with Crippen LogP contribution in [0.25, 0.3) is 11.0 Å². The molecular formula is C27H37N5O2S. The number of fused-ring (bicyclic) bond motifs is 1. The average molecular weight is 496 g/mol. The summed E-state index contributed by atoms with van der Waals surface area (Å²) in [6.45, 7) is 6.33. The number of hydrogen-bond acceptors (Lipinski definition) is 5. The number of thioether (sulfide) groups is 1. The Hall–Kier alpha value is -2.58. The van der Waals surface area contributed by atoms with Gasteiger partial charge in [-0.25, -0.2) is 4.98 Å². The first kappa shape index (κ1) is 25.5. The van der Waals surface area contributed by atoms with Crippen molar-refractivity contribution in [1.29, 1.82) is 0 Å². The van der Waals surface area contributed by atoms with Crippen molar-refractivity contribution in [2.24, 2.45) is 5.92 Å². The van der Waals surface area contributed by atoms with Gasteiger partial charge in [0.25, 0.3) is 11.5 Å². The fraction of sp³-hybridized carbons (Fsp3) is 0.519. The van der Waals surface area contributed by atoms with Crippen LogP contribution >= 0.6 is 11.8 Å². The lowest BCUT2D eigenvalue weighted by Gasteiger charge is -2.36. The summed E-state index contributed by atoms with van der Waals surface area (Å²) in [6.07, 6.45) is 8.48. The van der Waals surface area contributed by atoms with Crippen LogP contribution in [0.5, 0.6) is 0 Å². The van der Waals surface area contributed by atoms with E-state index in [1.165, 1.54) is 37.4 Å². The maximum absolute atomic E-state index is 13.5. The van der Waals surface area contributed by atoms with Crippen LogP contribution < -0.4 is 10.9 Å². The van der Waals surface area contributed by atoms with Gasteiger partial charge in [-0.2, -0.15) is 0 Å². The molecule has 2 N–H and O–H groups in total. The van der Waals surface area contributed by atoms with E-state index in [1.54, 1.807) is 6.20 Å². The molecule has 188 valence electrons. The van der Waals surface area contributed by atoms with E-state index in [2.05, 4.69) is 40.8 Å². The van der Waals surface area contributed by atoms with Gasteiger partial charge in [0, 0.05) is 52.1 Å². The van der Waals surface area contributed by atoms with Crippen LogP contribution in [0, 0.1) is 19.8 Å². The van der Waals surface area contributed by atoms with Gasteiger partial charge in [-0.15, -0.1) is 11.8 Å². The fourth-order valence-electron chi connectivity index (χ4n) is 5.65. The number of rotatable bonds is 7. The number of pyridine rings is 2. The largest absolute Gasteiger partial charge is 0.348 e. The molecular weight excluding hydrogens is 458 g/mol. The minimum atomic E-state index is -0.171. The molecule has 7 nitrogen and oxygen atoms in total. The zero-order valence-electron chi connectivity index (χ0n) is 21.6. The molecule has 1 aliphatic rings. The van der Waals surface area contributed by atoms with Crippen molar-refractivity contribution in [1.82, 2.24) is 24.8 Å². The summed E-state index contributed by atoms with van der Waals surface area (Å²) in [5.41, 5.74) is 3.68. The van der Waals surface area contributed by atoms with Gasteiger partial charge in [-0.05, 0) is 90.9 Å². The minimum Gasteiger partial charge on any atom is -0.348 e. The van der Waals surface area contributed by atoms with E-state index in [0.29, 0.717) is 23.1 Å². The van der Waals surface area contributed by atoms with Crippen molar-refractivity contribution in [3.05, 3.63) is 57.3 Å². The topological polar surface area (TPSA) is 83.0 Å². The van der Waals surface area contributed by atoms with Crippen molar-refractivity contribution in [3.8, 4) is 0 Å². The van der Waals surface area contributed by atoms with E-state index in [1.807, 2.05) is 38.3 Å². The van der Waals surface area contributed by atoms with E-state index in [4.69, 9.17) is 4.98 Å². The Morgan fingerprint density at radius 3 is 2.66 bits per heavy atom. The normalized spacial score (nSPS) is 19.3. The molecule has 3 aromatic heterocycles. The average Bonchev–Trinajstić information content (AvgIpc) is 3.14. The monoisotopic (exact) mass is 495 g/mol. The molecule has 0 bridgehead atoms. The van der Waals surface area contributed by atoms with Gasteiger partial charge in [0.05, 0.1) is 5.56 Å². The zero-order chi connectivity index (χ0) is 25.3. The lowest BCUT2D eigenvalue weighted by Crippen LogP contribution is -2.34. The third kappa shape index (κ3) is 5.05. The summed E-state index contributed by atoms with van der Waals surface area (Å²) in [4.78, 5) is 36.8. The molecule has 1 amide bonds. The quantitative estimate of drug-likeness (QED) is 0.465. The predicted molar refractivity (Wildman–Crippen MR) is 143 cm³/mol. The van der Waals surface area contributed by atoms with Gasteiger partial charge in [-0.1, -0.05) is 0 Å². The summed E-state index contributed by atoms with van der Waals surface area (Å²) >= 11 is 1.51. The highest BCUT2D eigenvalue weighted by Gasteiger charge is 2.30. The van der Waals surface area contributed by atoms with Gasteiger partial charge in [0.1, 0.15) is 5.65 Å². The minimum absolute atomic E-state index is 0.155. The van der Waals surface area contributed by atoms with Crippen molar-refractivity contribution < 1.29 is 4.79 Å². The van der Waals surface area contributed by atoms with Gasteiger partial charge < -0.3 is 19.8 Å². The molecule has 35 heavy (non-hydrogen) atoms. The van der Waals surface area contributed by atoms with Crippen LogP contribution in [-0.2, 0) is 6.54 Å². The number of H-pyrrole nitrogens is 1. The van der Waals surface area contributed by atoms with E-state index in [-0.39, 0.29) is 24.1 Å². The maximum atomic E-state index is 13.5. The second kappa shape index (κ2) is 10.6. The molecule has 1 unspecified atom stereocenters. The second-order valence-corrected chi connectivity index (χ2v) is 10.8. The van der Waals surface area contributed by atoms with Crippen LogP contribution in [0.15, 0.2) is 34.1 Å². The summed E-state index contributed by atoms with van der Waals surface area (Å²) < 4.78 is 2.26. The van der Waals surface area contributed by atoms with Crippen molar-refractivity contribution in [2.45, 2.75) is 70.0 Å². The number of amides is 1. The zero-order valence-corrected chi connectivity index (χ0v) is 22.5. The molecule has 0 radical (unpaired) electrons. The Labute approximate surface area is 211 Å². The predicted octanol–water partition coefficient (Wildman–Crippen LogP) is 4.67. The van der Waals surface area contributed by atoms with Gasteiger partial charge in [0.15, 0.2) is 0 Å². The van der Waals surface area contributed by atoms with Crippen LogP contribution in [0.3, 0.4) is 0 Å². The molecule has 4 rings (SSSR count). The smallest absolute Gasteiger partial charge is 0.254 e. The van der Waals surface area contributed by atoms with Crippen molar-refractivity contribution >= 4 is 28.7 Å². The third-order valence-electron chi connectivity index (χ3n) is 7.67. The summed E-state index contributed by atoms with van der Waals surface area (Å²) in [6, 6.07) is 6.70. The second-order valence-electron chi connectivity index (χ2n) is 9.99. The summed E-state index contributed by atoms with van der Waals surface area (Å²) in [5.74, 6) is 0.378. The lowest BCUT2D eigenvalue weighted by molar-refractivity contribution is 0.0951. The number of nitrogens with zero attached hydrogens (tertiary/aromatic N) is 3. The van der Waals surface area contributed by atoms with Gasteiger partial charge in [0.2, 0.25) is 0 Å². The lowest BCUT2D eigenvalue weighted by atomic mass is 9.81. The number of aromatic amines is 1. The van der Waals surface area contributed by atoms with Crippen molar-refractivity contribution in [2.75, 3.05) is 20.4 Å². The Bertz CT molecular complexity index is 1270. The highest BCUT2D eigenvalue weighted by molar-refractivity contribution is 7.98. The van der Waals surface area contributed by atoms with Crippen LogP contribution in [0.1, 0.15) is 66.0 Å². The Morgan fingerprint density at radius 2 is 2.00 bits per heavy atom. The Balaban J connectivity index is 1.62. The molecule has 8 heteroatoms.